The van der Waals surface area contributed by atoms with Crippen LogP contribution in [0.2, 0.25) is 0 Å². The second-order valence-corrected chi connectivity index (χ2v) is 10.5. The minimum absolute atomic E-state index is 0.0829. The third kappa shape index (κ3) is 5.06. The minimum Gasteiger partial charge on any atom is -0.390 e. The zero-order chi connectivity index (χ0) is 21.4. The third-order valence-electron chi connectivity index (χ3n) is 6.03. The van der Waals surface area contributed by atoms with Crippen LogP contribution in [0.1, 0.15) is 28.9 Å². The van der Waals surface area contributed by atoms with Crippen molar-refractivity contribution >= 4 is 21.5 Å². The number of hydrogen-bond donors (Lipinski definition) is 2. The lowest BCUT2D eigenvalue weighted by Crippen LogP contribution is -2.34. The van der Waals surface area contributed by atoms with Gasteiger partial charge in [-0.25, -0.2) is 8.42 Å². The largest absolute Gasteiger partial charge is 0.390 e. The molecule has 0 radical (unpaired) electrons. The van der Waals surface area contributed by atoms with E-state index in [0.717, 1.165) is 37.8 Å². The van der Waals surface area contributed by atoms with Crippen molar-refractivity contribution in [2.24, 2.45) is 11.8 Å². The van der Waals surface area contributed by atoms with Crippen molar-refractivity contribution in [3.8, 4) is 0 Å². The topological polar surface area (TPSA) is 99.6 Å². The van der Waals surface area contributed by atoms with Crippen LogP contribution < -0.4 is 4.72 Å². The average molecular weight is 430 g/mol. The molecule has 4 rings (SSSR count). The molecule has 1 saturated carbocycles. The van der Waals surface area contributed by atoms with E-state index in [2.05, 4.69) is 26.7 Å². The van der Waals surface area contributed by atoms with E-state index in [1.165, 1.54) is 6.20 Å². The Balaban J connectivity index is 1.30. The number of carbonyl (C=O) groups excluding carboxylic acids is 1. The predicted molar refractivity (Wildman–Crippen MR) is 115 cm³/mol. The Kier molecular flexibility index (Phi) is 5.65. The van der Waals surface area contributed by atoms with Crippen LogP contribution >= 0.6 is 0 Å². The van der Waals surface area contributed by atoms with Crippen molar-refractivity contribution in [2.75, 3.05) is 30.6 Å². The van der Waals surface area contributed by atoms with E-state index in [4.69, 9.17) is 0 Å². The van der Waals surface area contributed by atoms with Crippen LogP contribution in [0, 0.1) is 11.8 Å². The maximum atomic E-state index is 12.6. The first-order chi connectivity index (χ1) is 14.2. The molecule has 2 N–H and O–H groups in total. The first-order valence-electron chi connectivity index (χ1n) is 10.1. The molecular formula is C22H27N3O4S. The SMILES string of the molecule is CS(=O)(=O)Nc1ccc(C(=O)CN2CC3CC(O)(Cc4ccccc4)CC3C2)nc1. The number of rotatable bonds is 7. The smallest absolute Gasteiger partial charge is 0.229 e. The first-order valence-corrected chi connectivity index (χ1v) is 12.0. The van der Waals surface area contributed by atoms with Crippen molar-refractivity contribution in [3.63, 3.8) is 0 Å². The second-order valence-electron chi connectivity index (χ2n) is 8.74. The van der Waals surface area contributed by atoms with Crippen molar-refractivity contribution in [2.45, 2.75) is 24.9 Å². The van der Waals surface area contributed by atoms with E-state index >= 15 is 0 Å². The Morgan fingerprint density at radius 3 is 2.40 bits per heavy atom. The number of carbonyl (C=O) groups is 1. The normalized spacial score (nSPS) is 26.5. The van der Waals surface area contributed by atoms with Crippen molar-refractivity contribution < 1.29 is 18.3 Å². The molecule has 0 bridgehead atoms. The molecule has 0 spiro atoms. The summed E-state index contributed by atoms with van der Waals surface area (Å²) >= 11 is 0. The lowest BCUT2D eigenvalue weighted by Gasteiger charge is -2.26. The number of ketones is 1. The van der Waals surface area contributed by atoms with E-state index in [0.29, 0.717) is 29.6 Å². The van der Waals surface area contributed by atoms with Crippen LogP contribution in [0.15, 0.2) is 48.7 Å². The number of aromatic nitrogens is 1. The molecule has 30 heavy (non-hydrogen) atoms. The molecule has 2 atom stereocenters. The van der Waals surface area contributed by atoms with E-state index in [1.807, 2.05) is 18.2 Å². The molecular weight excluding hydrogens is 402 g/mol. The summed E-state index contributed by atoms with van der Waals surface area (Å²) in [6, 6.07) is 13.2. The molecule has 1 aliphatic carbocycles. The zero-order valence-electron chi connectivity index (χ0n) is 17.0. The number of sulfonamides is 1. The highest BCUT2D eigenvalue weighted by Crippen LogP contribution is 2.45. The van der Waals surface area contributed by atoms with Crippen LogP contribution in [0.25, 0.3) is 0 Å². The van der Waals surface area contributed by atoms with Gasteiger partial charge in [0.2, 0.25) is 10.0 Å². The van der Waals surface area contributed by atoms with Gasteiger partial charge < -0.3 is 5.11 Å². The second kappa shape index (κ2) is 8.09. The molecule has 2 heterocycles. The van der Waals surface area contributed by atoms with E-state index in [1.54, 1.807) is 12.1 Å². The van der Waals surface area contributed by atoms with E-state index in [9.17, 15) is 18.3 Å². The van der Waals surface area contributed by atoms with E-state index in [-0.39, 0.29) is 12.3 Å². The van der Waals surface area contributed by atoms with Crippen LogP contribution in [-0.2, 0) is 16.4 Å². The summed E-state index contributed by atoms with van der Waals surface area (Å²) in [6.07, 6.45) is 4.63. The molecule has 1 saturated heterocycles. The Hall–Kier alpha value is -2.29. The van der Waals surface area contributed by atoms with Crippen LogP contribution in [0.5, 0.6) is 0 Å². The molecule has 1 aliphatic heterocycles. The number of hydrogen-bond acceptors (Lipinski definition) is 6. The van der Waals surface area contributed by atoms with Gasteiger partial charge in [-0.3, -0.25) is 19.4 Å². The Morgan fingerprint density at radius 2 is 1.83 bits per heavy atom. The predicted octanol–water partition coefficient (Wildman–Crippen LogP) is 1.95. The minimum atomic E-state index is -3.37. The number of benzene rings is 1. The lowest BCUT2D eigenvalue weighted by molar-refractivity contribution is 0.0355. The number of nitrogens with zero attached hydrogens (tertiary/aromatic N) is 2. The maximum absolute atomic E-state index is 12.6. The first kappa shape index (κ1) is 21.0. The average Bonchev–Trinajstić information content (AvgIpc) is 3.15. The molecule has 1 aromatic heterocycles. The van der Waals surface area contributed by atoms with Crippen molar-refractivity contribution in [1.29, 1.82) is 0 Å². The number of aliphatic hydroxyl groups is 1. The van der Waals surface area contributed by atoms with Gasteiger partial charge in [0.15, 0.2) is 5.78 Å². The van der Waals surface area contributed by atoms with Gasteiger partial charge in [-0.15, -0.1) is 0 Å². The van der Waals surface area contributed by atoms with Gasteiger partial charge in [-0.2, -0.15) is 0 Å². The number of Topliss-reactive ketones (excluding diaryl/α,β-unsaturated/α-hetero) is 1. The molecule has 8 heteroatoms. The third-order valence-corrected chi connectivity index (χ3v) is 6.64. The molecule has 2 fully saturated rings. The van der Waals surface area contributed by atoms with Crippen LogP contribution in [0.3, 0.4) is 0 Å². The highest BCUT2D eigenvalue weighted by molar-refractivity contribution is 7.92. The summed E-state index contributed by atoms with van der Waals surface area (Å²) in [7, 11) is -3.37. The van der Waals surface area contributed by atoms with Crippen molar-refractivity contribution in [1.82, 2.24) is 9.88 Å². The highest BCUT2D eigenvalue weighted by Gasteiger charge is 2.48. The number of likely N-dealkylation sites (tertiary alicyclic amines) is 1. The van der Waals surface area contributed by atoms with Gasteiger partial charge >= 0.3 is 0 Å². The fourth-order valence-corrected chi connectivity index (χ4v) is 5.47. The quantitative estimate of drug-likeness (QED) is 0.653. The number of pyridine rings is 1. The fraction of sp³-hybridized carbons (Fsp3) is 0.455. The fourth-order valence-electron chi connectivity index (χ4n) is 4.92. The summed E-state index contributed by atoms with van der Waals surface area (Å²) in [5, 5.41) is 11.1. The molecule has 2 aliphatic rings. The monoisotopic (exact) mass is 429 g/mol. The Bertz CT molecular complexity index is 994. The summed E-state index contributed by atoms with van der Waals surface area (Å²) < 4.78 is 24.9. The van der Waals surface area contributed by atoms with Gasteiger partial charge in [-0.1, -0.05) is 30.3 Å². The number of anilines is 1. The molecule has 160 valence electrons. The Morgan fingerprint density at radius 1 is 1.17 bits per heavy atom. The Labute approximate surface area is 177 Å². The summed E-state index contributed by atoms with van der Waals surface area (Å²) in [5.41, 5.74) is 1.16. The summed E-state index contributed by atoms with van der Waals surface area (Å²) in [6.45, 7) is 1.90. The van der Waals surface area contributed by atoms with Gasteiger partial charge in [0, 0.05) is 19.5 Å². The molecule has 7 nitrogen and oxygen atoms in total. The highest BCUT2D eigenvalue weighted by atomic mass is 32.2. The number of nitrogens with one attached hydrogen (secondary N) is 1. The van der Waals surface area contributed by atoms with Crippen LogP contribution in [-0.4, -0.2) is 60.7 Å². The van der Waals surface area contributed by atoms with Gasteiger partial charge in [0.25, 0.3) is 0 Å². The molecule has 1 aromatic carbocycles. The van der Waals surface area contributed by atoms with Gasteiger partial charge in [-0.05, 0) is 42.4 Å². The van der Waals surface area contributed by atoms with E-state index < -0.39 is 15.6 Å². The molecule has 2 aromatic rings. The molecule has 0 amide bonds. The summed E-state index contributed by atoms with van der Waals surface area (Å²) in [4.78, 5) is 18.8. The van der Waals surface area contributed by atoms with Crippen LogP contribution in [0.4, 0.5) is 5.69 Å². The molecule has 2 unspecified atom stereocenters. The summed E-state index contributed by atoms with van der Waals surface area (Å²) in [5.74, 6) is 0.724. The van der Waals surface area contributed by atoms with Gasteiger partial charge in [0.05, 0.1) is 30.3 Å². The van der Waals surface area contributed by atoms with Gasteiger partial charge in [0.1, 0.15) is 5.69 Å². The van der Waals surface area contributed by atoms with Crippen molar-refractivity contribution in [3.05, 3.63) is 59.9 Å². The number of fused-ring (bicyclic) bond motifs is 1. The standard InChI is InChI=1S/C22H27N3O4S/c1-30(28,29)24-19-7-8-20(23-12-19)21(26)15-25-13-17-10-22(27,11-18(17)14-25)9-16-5-3-2-4-6-16/h2-8,12,17-18,24,27H,9-11,13-15H2,1H3. The maximum Gasteiger partial charge on any atom is 0.229 e. The lowest BCUT2D eigenvalue weighted by atomic mass is 9.91. The zero-order valence-corrected chi connectivity index (χ0v) is 17.8.